The Balaban J connectivity index is 1.59. The lowest BCUT2D eigenvalue weighted by molar-refractivity contribution is 0.753. The number of aryl methyl sites for hydroxylation is 1. The van der Waals surface area contributed by atoms with Crippen molar-refractivity contribution in [3.8, 4) is 22.4 Å². The molecule has 3 heteroatoms. The molecule has 0 aliphatic heterocycles. The van der Waals surface area contributed by atoms with E-state index in [1.807, 2.05) is 18.2 Å². The van der Waals surface area contributed by atoms with Crippen LogP contribution >= 0.6 is 15.9 Å². The molecule has 0 saturated heterocycles. The molecule has 138 valence electrons. The van der Waals surface area contributed by atoms with Gasteiger partial charge in [-0.25, -0.2) is 4.98 Å². The van der Waals surface area contributed by atoms with Gasteiger partial charge < -0.3 is 4.57 Å². The van der Waals surface area contributed by atoms with Crippen LogP contribution in [0.15, 0.2) is 89.5 Å². The summed E-state index contributed by atoms with van der Waals surface area (Å²) in [5.41, 5.74) is 5.73. The summed E-state index contributed by atoms with van der Waals surface area (Å²) in [6.45, 7) is 3.02. The molecule has 0 aliphatic carbocycles. The monoisotopic (exact) mass is 428 g/mol. The van der Waals surface area contributed by atoms with Gasteiger partial charge in [0.15, 0.2) is 0 Å². The first-order chi connectivity index (χ1) is 13.7. The predicted molar refractivity (Wildman–Crippen MR) is 122 cm³/mol. The third-order valence-corrected chi connectivity index (χ3v) is 5.26. The second kappa shape index (κ2) is 8.41. The maximum Gasteiger partial charge on any atom is 0.133 e. The molecule has 0 N–H and O–H groups in total. The molecule has 3 aromatic carbocycles. The van der Waals surface area contributed by atoms with Crippen LogP contribution < -0.4 is 0 Å². The Morgan fingerprint density at radius 2 is 1.43 bits per heavy atom. The average molecular weight is 429 g/mol. The Morgan fingerprint density at radius 1 is 0.786 bits per heavy atom. The number of halogens is 1. The van der Waals surface area contributed by atoms with Crippen molar-refractivity contribution in [2.45, 2.75) is 13.5 Å². The summed E-state index contributed by atoms with van der Waals surface area (Å²) >= 11 is 3.47. The minimum atomic E-state index is 0.884. The van der Waals surface area contributed by atoms with Crippen LogP contribution in [0.25, 0.3) is 34.5 Å². The SMILES string of the molecule is CCn1cc(-c2ccc(-c3ccccc3)cc2)nc1C=Cc1ccc(Br)cc1. The van der Waals surface area contributed by atoms with E-state index in [2.05, 4.69) is 106 Å². The molecule has 4 rings (SSSR count). The Labute approximate surface area is 174 Å². The van der Waals surface area contributed by atoms with Crippen molar-refractivity contribution >= 4 is 28.1 Å². The normalized spacial score (nSPS) is 11.2. The lowest BCUT2D eigenvalue weighted by atomic mass is 10.0. The van der Waals surface area contributed by atoms with Crippen molar-refractivity contribution in [1.82, 2.24) is 9.55 Å². The number of nitrogens with zero attached hydrogens (tertiary/aromatic N) is 2. The fourth-order valence-electron chi connectivity index (χ4n) is 3.16. The standard InChI is InChI=1S/C25H21BrN2/c1-2-28-18-24(27-25(28)17-10-19-8-15-23(26)16-9-19)22-13-11-21(12-14-22)20-6-4-3-5-7-20/h3-18H,2H2,1H3. The number of benzene rings is 3. The molecule has 0 unspecified atom stereocenters. The zero-order valence-electron chi connectivity index (χ0n) is 15.7. The quantitative estimate of drug-likeness (QED) is 0.329. The minimum absolute atomic E-state index is 0.884. The number of aromatic nitrogens is 2. The fourth-order valence-corrected chi connectivity index (χ4v) is 3.43. The largest absolute Gasteiger partial charge is 0.331 e. The van der Waals surface area contributed by atoms with Gasteiger partial charge in [0, 0.05) is 22.8 Å². The van der Waals surface area contributed by atoms with E-state index < -0.39 is 0 Å². The summed E-state index contributed by atoms with van der Waals surface area (Å²) in [6.07, 6.45) is 6.30. The highest BCUT2D eigenvalue weighted by Gasteiger charge is 2.07. The summed E-state index contributed by atoms with van der Waals surface area (Å²) in [6, 6.07) is 27.3. The molecule has 1 heterocycles. The molecular weight excluding hydrogens is 408 g/mol. The van der Waals surface area contributed by atoms with Crippen molar-refractivity contribution in [2.75, 3.05) is 0 Å². The van der Waals surface area contributed by atoms with Gasteiger partial charge >= 0.3 is 0 Å². The highest BCUT2D eigenvalue weighted by atomic mass is 79.9. The molecule has 28 heavy (non-hydrogen) atoms. The van der Waals surface area contributed by atoms with Gasteiger partial charge in [-0.2, -0.15) is 0 Å². The van der Waals surface area contributed by atoms with Crippen LogP contribution in [0, 0.1) is 0 Å². The van der Waals surface area contributed by atoms with Crippen molar-refractivity contribution in [1.29, 1.82) is 0 Å². The van der Waals surface area contributed by atoms with E-state index in [1.54, 1.807) is 0 Å². The van der Waals surface area contributed by atoms with Crippen LogP contribution in [0.2, 0.25) is 0 Å². The smallest absolute Gasteiger partial charge is 0.133 e. The molecule has 4 aromatic rings. The van der Waals surface area contributed by atoms with Gasteiger partial charge in [0.05, 0.1) is 5.69 Å². The van der Waals surface area contributed by atoms with Crippen LogP contribution in [0.5, 0.6) is 0 Å². The number of rotatable bonds is 5. The maximum absolute atomic E-state index is 4.85. The van der Waals surface area contributed by atoms with Crippen molar-refractivity contribution < 1.29 is 0 Å². The second-order valence-electron chi connectivity index (χ2n) is 6.60. The zero-order valence-corrected chi connectivity index (χ0v) is 17.3. The lowest BCUT2D eigenvalue weighted by Gasteiger charge is -2.02. The number of hydrogen-bond acceptors (Lipinski definition) is 1. The number of imidazole rings is 1. The first-order valence-electron chi connectivity index (χ1n) is 9.39. The predicted octanol–water partition coefficient (Wildman–Crippen LogP) is 7.17. The van der Waals surface area contributed by atoms with Gasteiger partial charge in [0.1, 0.15) is 5.82 Å². The van der Waals surface area contributed by atoms with Gasteiger partial charge in [0.2, 0.25) is 0 Å². The first kappa shape index (κ1) is 18.5. The lowest BCUT2D eigenvalue weighted by Crippen LogP contribution is -1.94. The Kier molecular flexibility index (Phi) is 5.54. The Bertz CT molecular complexity index is 1080. The van der Waals surface area contributed by atoms with E-state index >= 15 is 0 Å². The van der Waals surface area contributed by atoms with E-state index in [9.17, 15) is 0 Å². The maximum atomic E-state index is 4.85. The average Bonchev–Trinajstić information content (AvgIpc) is 3.17. The summed E-state index contributed by atoms with van der Waals surface area (Å²) in [7, 11) is 0. The summed E-state index contributed by atoms with van der Waals surface area (Å²) in [5, 5.41) is 0. The zero-order chi connectivity index (χ0) is 19.3. The molecule has 0 spiro atoms. The molecule has 1 aromatic heterocycles. The molecule has 0 amide bonds. The van der Waals surface area contributed by atoms with Gasteiger partial charge in [0.25, 0.3) is 0 Å². The first-order valence-corrected chi connectivity index (χ1v) is 10.2. The van der Waals surface area contributed by atoms with Crippen LogP contribution in [0.3, 0.4) is 0 Å². The van der Waals surface area contributed by atoms with Crippen molar-refractivity contribution in [3.05, 3.63) is 101 Å². The van der Waals surface area contributed by atoms with Crippen LogP contribution in [-0.2, 0) is 6.54 Å². The molecule has 0 atom stereocenters. The summed E-state index contributed by atoms with van der Waals surface area (Å²) < 4.78 is 3.26. The van der Waals surface area contributed by atoms with Gasteiger partial charge in [-0.1, -0.05) is 88.7 Å². The Morgan fingerprint density at radius 3 is 2.11 bits per heavy atom. The third kappa shape index (κ3) is 4.15. The van der Waals surface area contributed by atoms with E-state index in [0.717, 1.165) is 33.7 Å². The van der Waals surface area contributed by atoms with Gasteiger partial charge in [-0.05, 0) is 41.8 Å². The fraction of sp³-hybridized carbons (Fsp3) is 0.0800. The highest BCUT2D eigenvalue weighted by molar-refractivity contribution is 9.10. The summed E-state index contributed by atoms with van der Waals surface area (Å²) in [5.74, 6) is 0.965. The van der Waals surface area contributed by atoms with Crippen LogP contribution in [-0.4, -0.2) is 9.55 Å². The Hall–Kier alpha value is -2.91. The van der Waals surface area contributed by atoms with Crippen LogP contribution in [0.4, 0.5) is 0 Å². The molecule has 0 bridgehead atoms. The van der Waals surface area contributed by atoms with E-state index in [1.165, 1.54) is 11.1 Å². The minimum Gasteiger partial charge on any atom is -0.331 e. The van der Waals surface area contributed by atoms with E-state index in [0.29, 0.717) is 0 Å². The molecule has 0 radical (unpaired) electrons. The third-order valence-electron chi connectivity index (χ3n) is 4.73. The molecule has 0 aliphatic rings. The number of hydrogen-bond donors (Lipinski definition) is 0. The topological polar surface area (TPSA) is 17.8 Å². The summed E-state index contributed by atoms with van der Waals surface area (Å²) in [4.78, 5) is 4.85. The highest BCUT2D eigenvalue weighted by Crippen LogP contribution is 2.25. The van der Waals surface area contributed by atoms with Gasteiger partial charge in [-0.3, -0.25) is 0 Å². The molecule has 0 saturated carbocycles. The molecule has 0 fully saturated rings. The second-order valence-corrected chi connectivity index (χ2v) is 7.51. The molecule has 2 nitrogen and oxygen atoms in total. The van der Waals surface area contributed by atoms with E-state index in [-0.39, 0.29) is 0 Å². The van der Waals surface area contributed by atoms with Crippen LogP contribution in [0.1, 0.15) is 18.3 Å². The van der Waals surface area contributed by atoms with E-state index in [4.69, 9.17) is 4.98 Å². The molecular formula is C25H21BrN2. The van der Waals surface area contributed by atoms with Gasteiger partial charge in [-0.15, -0.1) is 0 Å². The van der Waals surface area contributed by atoms with Crippen molar-refractivity contribution in [2.24, 2.45) is 0 Å². The van der Waals surface area contributed by atoms with Crippen molar-refractivity contribution in [3.63, 3.8) is 0 Å².